The zero-order valence-corrected chi connectivity index (χ0v) is 19.2. The third kappa shape index (κ3) is 6.09. The number of ether oxygens (including phenoxy) is 3. The Kier molecular flexibility index (Phi) is 8.16. The molecule has 1 N–H and O–H groups in total. The van der Waals surface area contributed by atoms with Crippen LogP contribution in [0.3, 0.4) is 0 Å². The lowest BCUT2D eigenvalue weighted by Gasteiger charge is -2.10. The minimum atomic E-state index is -0.626. The third-order valence-electron chi connectivity index (χ3n) is 4.44. The molecule has 2 aromatic carbocycles. The van der Waals surface area contributed by atoms with Crippen molar-refractivity contribution in [3.05, 3.63) is 81.6 Å². The van der Waals surface area contributed by atoms with E-state index in [0.29, 0.717) is 21.7 Å². The quantitative estimate of drug-likeness (QED) is 0.217. The molecule has 0 aliphatic heterocycles. The van der Waals surface area contributed by atoms with Gasteiger partial charge in [-0.1, -0.05) is 12.1 Å². The van der Waals surface area contributed by atoms with E-state index in [-0.39, 0.29) is 23.7 Å². The first-order chi connectivity index (χ1) is 16.4. The molecular weight excluding hydrogens is 456 g/mol. The van der Waals surface area contributed by atoms with Crippen molar-refractivity contribution in [2.24, 2.45) is 0 Å². The number of nitrogens with one attached hydrogen (secondary N) is 1. The van der Waals surface area contributed by atoms with Crippen LogP contribution in [-0.2, 0) is 9.53 Å². The number of nitrogens with zero attached hydrogens (tertiary/aromatic N) is 1. The number of esters is 2. The molecule has 172 valence electrons. The van der Waals surface area contributed by atoms with Gasteiger partial charge in [0.1, 0.15) is 16.5 Å². The standard InChI is InChI=1S/C25H20N2O6S/c1-3-32-24(29)17-7-9-19(10-8-17)27-23(28)18(15-26)13-16-6-11-20(21(14-16)31-2)33-25(30)22-5-4-12-34-22/h4-14H,3H2,1-2H3,(H,27,28)/b18-13+. The van der Waals surface area contributed by atoms with Crippen molar-refractivity contribution < 1.29 is 28.6 Å². The molecule has 3 aromatic rings. The Bertz CT molecular complexity index is 1260. The predicted octanol–water partition coefficient (Wildman–Crippen LogP) is 4.70. The van der Waals surface area contributed by atoms with Crippen LogP contribution in [0.4, 0.5) is 5.69 Å². The summed E-state index contributed by atoms with van der Waals surface area (Å²) in [6.45, 7) is 1.97. The molecule has 0 saturated heterocycles. The highest BCUT2D eigenvalue weighted by Gasteiger charge is 2.15. The summed E-state index contributed by atoms with van der Waals surface area (Å²) in [6, 6.07) is 16.1. The molecule has 1 amide bonds. The van der Waals surface area contributed by atoms with Gasteiger partial charge in [0.05, 0.1) is 19.3 Å². The molecule has 9 heteroatoms. The normalized spacial score (nSPS) is 10.7. The van der Waals surface area contributed by atoms with E-state index in [4.69, 9.17) is 14.2 Å². The fourth-order valence-electron chi connectivity index (χ4n) is 2.82. The van der Waals surface area contributed by atoms with E-state index in [0.717, 1.165) is 0 Å². The lowest BCUT2D eigenvalue weighted by molar-refractivity contribution is -0.112. The number of methoxy groups -OCH3 is 1. The second-order valence-electron chi connectivity index (χ2n) is 6.70. The molecule has 0 bridgehead atoms. The van der Waals surface area contributed by atoms with Gasteiger partial charge in [-0.25, -0.2) is 9.59 Å². The van der Waals surface area contributed by atoms with Crippen LogP contribution in [0.5, 0.6) is 11.5 Å². The Morgan fingerprint density at radius 2 is 1.82 bits per heavy atom. The van der Waals surface area contributed by atoms with Crippen LogP contribution in [0.1, 0.15) is 32.5 Å². The lowest BCUT2D eigenvalue weighted by Crippen LogP contribution is -2.13. The summed E-state index contributed by atoms with van der Waals surface area (Å²) in [6.07, 6.45) is 1.38. The first-order valence-corrected chi connectivity index (χ1v) is 11.0. The van der Waals surface area contributed by atoms with Gasteiger partial charge in [-0.05, 0) is 66.4 Å². The average Bonchev–Trinajstić information content (AvgIpc) is 3.39. The topological polar surface area (TPSA) is 115 Å². The van der Waals surface area contributed by atoms with Gasteiger partial charge >= 0.3 is 11.9 Å². The Labute approximate surface area is 200 Å². The Balaban J connectivity index is 1.73. The van der Waals surface area contributed by atoms with Crippen molar-refractivity contribution in [1.29, 1.82) is 5.26 Å². The molecule has 0 atom stereocenters. The van der Waals surface area contributed by atoms with E-state index in [9.17, 15) is 19.6 Å². The van der Waals surface area contributed by atoms with Crippen molar-refractivity contribution in [2.75, 3.05) is 19.0 Å². The first kappa shape index (κ1) is 24.2. The van der Waals surface area contributed by atoms with Crippen LogP contribution < -0.4 is 14.8 Å². The predicted molar refractivity (Wildman–Crippen MR) is 127 cm³/mol. The number of hydrogen-bond acceptors (Lipinski definition) is 8. The number of rotatable bonds is 8. The molecule has 0 aliphatic rings. The van der Waals surface area contributed by atoms with Crippen LogP contribution in [-0.4, -0.2) is 31.6 Å². The monoisotopic (exact) mass is 476 g/mol. The summed E-state index contributed by atoms with van der Waals surface area (Å²) in [5.41, 5.74) is 1.10. The van der Waals surface area contributed by atoms with E-state index >= 15 is 0 Å². The van der Waals surface area contributed by atoms with E-state index in [1.54, 1.807) is 48.7 Å². The number of hydrogen-bond donors (Lipinski definition) is 1. The number of carbonyl (C=O) groups excluding carboxylic acids is 3. The number of carbonyl (C=O) groups is 3. The molecule has 0 fully saturated rings. The van der Waals surface area contributed by atoms with Gasteiger partial charge in [0.2, 0.25) is 0 Å². The molecule has 34 heavy (non-hydrogen) atoms. The highest BCUT2D eigenvalue weighted by molar-refractivity contribution is 7.12. The summed E-state index contributed by atoms with van der Waals surface area (Å²) < 4.78 is 15.6. The molecule has 0 aliphatic carbocycles. The maximum Gasteiger partial charge on any atom is 0.353 e. The number of nitriles is 1. The highest BCUT2D eigenvalue weighted by Crippen LogP contribution is 2.30. The summed E-state index contributed by atoms with van der Waals surface area (Å²) in [7, 11) is 1.42. The van der Waals surface area contributed by atoms with Crippen LogP contribution in [0.2, 0.25) is 0 Å². The summed E-state index contributed by atoms with van der Waals surface area (Å²) in [4.78, 5) is 37.0. The van der Waals surface area contributed by atoms with Crippen molar-refractivity contribution in [3.8, 4) is 17.6 Å². The minimum absolute atomic E-state index is 0.153. The largest absolute Gasteiger partial charge is 0.493 e. The van der Waals surface area contributed by atoms with Gasteiger partial charge in [-0.2, -0.15) is 5.26 Å². The number of amides is 1. The van der Waals surface area contributed by atoms with Gasteiger partial charge in [-0.3, -0.25) is 4.79 Å². The Morgan fingerprint density at radius 3 is 2.44 bits per heavy atom. The maximum atomic E-state index is 12.6. The SMILES string of the molecule is CCOC(=O)c1ccc(NC(=O)/C(C#N)=C/c2ccc(OC(=O)c3cccs3)c(OC)c2)cc1. The van der Waals surface area contributed by atoms with E-state index in [1.165, 1.54) is 42.7 Å². The van der Waals surface area contributed by atoms with Crippen molar-refractivity contribution in [1.82, 2.24) is 0 Å². The smallest absolute Gasteiger partial charge is 0.353 e. The summed E-state index contributed by atoms with van der Waals surface area (Å²) >= 11 is 1.26. The van der Waals surface area contributed by atoms with Crippen LogP contribution in [0.15, 0.2) is 65.6 Å². The van der Waals surface area contributed by atoms with Gasteiger partial charge in [0.15, 0.2) is 11.5 Å². The Morgan fingerprint density at radius 1 is 1.06 bits per heavy atom. The Hall–Kier alpha value is -4.42. The van der Waals surface area contributed by atoms with Gasteiger partial charge in [0.25, 0.3) is 5.91 Å². The zero-order valence-electron chi connectivity index (χ0n) is 18.4. The van der Waals surface area contributed by atoms with Crippen LogP contribution in [0, 0.1) is 11.3 Å². The number of anilines is 1. The van der Waals surface area contributed by atoms with Gasteiger partial charge in [-0.15, -0.1) is 11.3 Å². The third-order valence-corrected chi connectivity index (χ3v) is 5.29. The van der Waals surface area contributed by atoms with Crippen molar-refractivity contribution >= 4 is 40.9 Å². The second kappa shape index (κ2) is 11.4. The molecule has 8 nitrogen and oxygen atoms in total. The summed E-state index contributed by atoms with van der Waals surface area (Å²) in [5, 5.41) is 13.9. The molecule has 1 heterocycles. The van der Waals surface area contributed by atoms with Crippen molar-refractivity contribution in [3.63, 3.8) is 0 Å². The van der Waals surface area contributed by atoms with Crippen LogP contribution in [0.25, 0.3) is 6.08 Å². The van der Waals surface area contributed by atoms with Crippen LogP contribution >= 0.6 is 11.3 Å². The highest BCUT2D eigenvalue weighted by atomic mass is 32.1. The number of benzene rings is 2. The van der Waals surface area contributed by atoms with Crippen molar-refractivity contribution in [2.45, 2.75) is 6.92 Å². The molecule has 1 aromatic heterocycles. The van der Waals surface area contributed by atoms with E-state index in [1.807, 2.05) is 6.07 Å². The molecule has 0 unspecified atom stereocenters. The second-order valence-corrected chi connectivity index (χ2v) is 7.65. The minimum Gasteiger partial charge on any atom is -0.493 e. The molecule has 0 saturated carbocycles. The fourth-order valence-corrected chi connectivity index (χ4v) is 3.42. The molecule has 3 rings (SSSR count). The molecular formula is C25H20N2O6S. The average molecular weight is 477 g/mol. The van der Waals surface area contributed by atoms with E-state index in [2.05, 4.69) is 5.32 Å². The van der Waals surface area contributed by atoms with E-state index < -0.39 is 17.8 Å². The maximum absolute atomic E-state index is 12.6. The molecule has 0 radical (unpaired) electrons. The number of thiophene rings is 1. The fraction of sp³-hybridized carbons (Fsp3) is 0.120. The summed E-state index contributed by atoms with van der Waals surface area (Å²) in [5.74, 6) is -1.12. The molecule has 0 spiro atoms. The first-order valence-electron chi connectivity index (χ1n) is 10.1. The lowest BCUT2D eigenvalue weighted by atomic mass is 10.1. The van der Waals surface area contributed by atoms with Gasteiger partial charge < -0.3 is 19.5 Å². The zero-order chi connectivity index (χ0) is 24.5. The van der Waals surface area contributed by atoms with Gasteiger partial charge in [0, 0.05) is 5.69 Å².